The second kappa shape index (κ2) is 6.03. The van der Waals surface area contributed by atoms with Crippen molar-refractivity contribution in [2.45, 2.75) is 12.5 Å². The number of aliphatic hydroxyl groups is 1. The molecule has 1 unspecified atom stereocenters. The van der Waals surface area contributed by atoms with E-state index >= 15 is 0 Å². The molecule has 1 aromatic heterocycles. The molecule has 0 fully saturated rings. The lowest BCUT2D eigenvalue weighted by molar-refractivity contribution is 0.274. The Labute approximate surface area is 122 Å². The first-order valence-electron chi connectivity index (χ1n) is 6.62. The number of fused-ring (bicyclic) bond motifs is 1. The maximum Gasteiger partial charge on any atom is 0.117 e. The summed E-state index contributed by atoms with van der Waals surface area (Å²) in [6.45, 7) is 0.0983. The third-order valence-corrected chi connectivity index (χ3v) is 4.07. The summed E-state index contributed by atoms with van der Waals surface area (Å²) >= 11 is 1.44. The smallest absolute Gasteiger partial charge is 0.117 e. The van der Waals surface area contributed by atoms with Crippen LogP contribution in [0.4, 0.5) is 5.00 Å². The van der Waals surface area contributed by atoms with Crippen molar-refractivity contribution in [3.8, 4) is 0 Å². The van der Waals surface area contributed by atoms with Gasteiger partial charge in [-0.25, -0.2) is 0 Å². The second-order valence-electron chi connectivity index (χ2n) is 4.74. The molecule has 2 N–H and O–H groups in total. The first-order chi connectivity index (χ1) is 9.86. The van der Waals surface area contributed by atoms with Crippen LogP contribution in [0.5, 0.6) is 0 Å². The highest BCUT2D eigenvalue weighted by atomic mass is 32.1. The van der Waals surface area contributed by atoms with Gasteiger partial charge in [0.15, 0.2) is 0 Å². The van der Waals surface area contributed by atoms with Crippen LogP contribution < -0.4 is 5.32 Å². The number of anilines is 1. The molecule has 0 amide bonds. The van der Waals surface area contributed by atoms with Crippen molar-refractivity contribution < 1.29 is 5.11 Å². The molecule has 20 heavy (non-hydrogen) atoms. The van der Waals surface area contributed by atoms with Gasteiger partial charge in [0.1, 0.15) is 5.00 Å². The van der Waals surface area contributed by atoms with Crippen LogP contribution in [0.1, 0.15) is 5.56 Å². The average Bonchev–Trinajstić information content (AvgIpc) is 2.91. The molecular formula is C16H16N2OS. The predicted octanol–water partition coefficient (Wildman–Crippen LogP) is 3.31. The van der Waals surface area contributed by atoms with Crippen molar-refractivity contribution >= 4 is 27.4 Å². The van der Waals surface area contributed by atoms with Crippen LogP contribution in [0.2, 0.25) is 0 Å². The first-order valence-corrected chi connectivity index (χ1v) is 7.40. The Morgan fingerprint density at radius 1 is 1.05 bits per heavy atom. The van der Waals surface area contributed by atoms with Gasteiger partial charge in [-0.2, -0.15) is 4.37 Å². The number of hydrogen-bond acceptors (Lipinski definition) is 4. The lowest BCUT2D eigenvalue weighted by atomic mass is 10.1. The number of aliphatic hydroxyl groups excluding tert-OH is 1. The summed E-state index contributed by atoms with van der Waals surface area (Å²) in [5, 5.41) is 15.1. The Morgan fingerprint density at radius 2 is 1.80 bits per heavy atom. The quantitative estimate of drug-likeness (QED) is 0.755. The van der Waals surface area contributed by atoms with Crippen LogP contribution >= 0.6 is 11.5 Å². The SMILES string of the molecule is OCC(Cc1ccccc1)Nc1snc2ccccc12. The van der Waals surface area contributed by atoms with E-state index < -0.39 is 0 Å². The number of hydrogen-bond donors (Lipinski definition) is 2. The molecule has 0 aliphatic rings. The van der Waals surface area contributed by atoms with Crippen LogP contribution in [-0.2, 0) is 6.42 Å². The largest absolute Gasteiger partial charge is 0.394 e. The Bertz CT molecular complexity index is 681. The summed E-state index contributed by atoms with van der Waals surface area (Å²) in [5.74, 6) is 0. The topological polar surface area (TPSA) is 45.1 Å². The molecule has 1 heterocycles. The van der Waals surface area contributed by atoms with Crippen LogP contribution in [0, 0.1) is 0 Å². The monoisotopic (exact) mass is 284 g/mol. The fourth-order valence-electron chi connectivity index (χ4n) is 2.24. The average molecular weight is 284 g/mol. The molecule has 0 bridgehead atoms. The summed E-state index contributed by atoms with van der Waals surface area (Å²) in [6, 6.07) is 18.2. The lowest BCUT2D eigenvalue weighted by Gasteiger charge is -2.16. The molecule has 3 nitrogen and oxygen atoms in total. The summed E-state index contributed by atoms with van der Waals surface area (Å²) in [7, 11) is 0. The van der Waals surface area contributed by atoms with Crippen LogP contribution in [0.3, 0.4) is 0 Å². The van der Waals surface area contributed by atoms with E-state index in [1.807, 2.05) is 36.4 Å². The zero-order valence-corrected chi connectivity index (χ0v) is 11.8. The van der Waals surface area contributed by atoms with E-state index in [4.69, 9.17) is 0 Å². The number of benzene rings is 2. The maximum absolute atomic E-state index is 9.58. The fourth-order valence-corrected chi connectivity index (χ4v) is 3.08. The minimum atomic E-state index is 0.00116. The third-order valence-electron chi connectivity index (χ3n) is 3.26. The van der Waals surface area contributed by atoms with E-state index in [2.05, 4.69) is 27.9 Å². The zero-order chi connectivity index (χ0) is 13.8. The zero-order valence-electron chi connectivity index (χ0n) is 11.0. The van der Waals surface area contributed by atoms with Gasteiger partial charge in [0, 0.05) is 5.39 Å². The van der Waals surface area contributed by atoms with E-state index in [-0.39, 0.29) is 12.6 Å². The highest BCUT2D eigenvalue weighted by Crippen LogP contribution is 2.28. The normalized spacial score (nSPS) is 12.4. The molecule has 0 saturated carbocycles. The van der Waals surface area contributed by atoms with Crippen LogP contribution in [0.25, 0.3) is 10.9 Å². The van der Waals surface area contributed by atoms with E-state index in [0.29, 0.717) is 0 Å². The first kappa shape index (κ1) is 13.1. The predicted molar refractivity (Wildman–Crippen MR) is 84.3 cm³/mol. The third kappa shape index (κ3) is 2.81. The van der Waals surface area contributed by atoms with Crippen molar-refractivity contribution in [2.24, 2.45) is 0 Å². The van der Waals surface area contributed by atoms with Gasteiger partial charge in [-0.05, 0) is 35.6 Å². The van der Waals surface area contributed by atoms with Gasteiger partial charge in [-0.15, -0.1) is 0 Å². The highest BCUT2D eigenvalue weighted by molar-refractivity contribution is 7.11. The van der Waals surface area contributed by atoms with E-state index in [1.54, 1.807) is 0 Å². The lowest BCUT2D eigenvalue weighted by Crippen LogP contribution is -2.25. The second-order valence-corrected chi connectivity index (χ2v) is 5.52. The van der Waals surface area contributed by atoms with Crippen molar-refractivity contribution in [1.29, 1.82) is 0 Å². The van der Waals surface area contributed by atoms with Gasteiger partial charge in [0.05, 0.1) is 18.2 Å². The van der Waals surface area contributed by atoms with Gasteiger partial charge in [0.25, 0.3) is 0 Å². The molecule has 0 aliphatic heterocycles. The molecule has 0 spiro atoms. The number of rotatable bonds is 5. The maximum atomic E-state index is 9.58. The van der Waals surface area contributed by atoms with E-state index in [0.717, 1.165) is 22.3 Å². The Balaban J connectivity index is 1.78. The van der Waals surface area contributed by atoms with Crippen molar-refractivity contribution in [3.05, 3.63) is 60.2 Å². The molecule has 0 aliphatic carbocycles. The molecule has 1 atom stereocenters. The summed E-state index contributed by atoms with van der Waals surface area (Å²) < 4.78 is 4.41. The molecular weight excluding hydrogens is 268 g/mol. The van der Waals surface area contributed by atoms with Gasteiger partial charge in [-0.1, -0.05) is 42.5 Å². The van der Waals surface area contributed by atoms with Crippen molar-refractivity contribution in [1.82, 2.24) is 4.37 Å². The molecule has 0 saturated heterocycles. The van der Waals surface area contributed by atoms with Gasteiger partial charge >= 0.3 is 0 Å². The number of nitrogens with zero attached hydrogens (tertiary/aromatic N) is 1. The van der Waals surface area contributed by atoms with Gasteiger partial charge in [0.2, 0.25) is 0 Å². The highest BCUT2D eigenvalue weighted by Gasteiger charge is 2.12. The molecule has 4 heteroatoms. The molecule has 3 aromatic rings. The van der Waals surface area contributed by atoms with E-state index in [1.165, 1.54) is 17.1 Å². The van der Waals surface area contributed by atoms with Gasteiger partial charge < -0.3 is 10.4 Å². The fraction of sp³-hybridized carbons (Fsp3) is 0.188. The van der Waals surface area contributed by atoms with Crippen molar-refractivity contribution in [3.63, 3.8) is 0 Å². The standard InChI is InChI=1S/C16H16N2OS/c19-11-13(10-12-6-2-1-3-7-12)17-16-14-8-4-5-9-15(14)18-20-16/h1-9,13,17,19H,10-11H2. The molecule has 3 rings (SSSR count). The summed E-state index contributed by atoms with van der Waals surface area (Å²) in [6.07, 6.45) is 0.795. The minimum absolute atomic E-state index is 0.00116. The van der Waals surface area contributed by atoms with Gasteiger partial charge in [-0.3, -0.25) is 0 Å². The van der Waals surface area contributed by atoms with Crippen molar-refractivity contribution in [2.75, 3.05) is 11.9 Å². The minimum Gasteiger partial charge on any atom is -0.394 e. The molecule has 102 valence electrons. The number of aromatic nitrogens is 1. The Morgan fingerprint density at radius 3 is 2.60 bits per heavy atom. The van der Waals surface area contributed by atoms with Crippen LogP contribution in [-0.4, -0.2) is 22.1 Å². The Kier molecular flexibility index (Phi) is 3.95. The summed E-state index contributed by atoms with van der Waals surface area (Å²) in [4.78, 5) is 0. The van der Waals surface area contributed by atoms with E-state index in [9.17, 15) is 5.11 Å². The summed E-state index contributed by atoms with van der Waals surface area (Å²) in [5.41, 5.74) is 2.21. The molecule has 2 aromatic carbocycles. The number of nitrogens with one attached hydrogen (secondary N) is 1. The molecule has 0 radical (unpaired) electrons. The Hall–Kier alpha value is -1.91. The van der Waals surface area contributed by atoms with Crippen LogP contribution in [0.15, 0.2) is 54.6 Å².